The molecule has 0 saturated carbocycles. The van der Waals surface area contributed by atoms with Gasteiger partial charge in [0.1, 0.15) is 11.5 Å². The van der Waals surface area contributed by atoms with E-state index in [4.69, 9.17) is 9.15 Å². The Morgan fingerprint density at radius 1 is 1.27 bits per heavy atom. The zero-order valence-electron chi connectivity index (χ0n) is 16.9. The van der Waals surface area contributed by atoms with Crippen molar-refractivity contribution in [1.29, 1.82) is 0 Å². The Kier molecular flexibility index (Phi) is 8.98. The summed E-state index contributed by atoms with van der Waals surface area (Å²) in [6.07, 6.45) is 3.50. The van der Waals surface area contributed by atoms with Crippen LogP contribution in [0.4, 0.5) is 0 Å². The van der Waals surface area contributed by atoms with Gasteiger partial charge in [-0.1, -0.05) is 13.8 Å². The highest BCUT2D eigenvalue weighted by Crippen LogP contribution is 2.26. The quantitative estimate of drug-likeness (QED) is 0.380. The van der Waals surface area contributed by atoms with Gasteiger partial charge in [-0.3, -0.25) is 9.89 Å². The van der Waals surface area contributed by atoms with Gasteiger partial charge in [0.05, 0.1) is 6.04 Å². The average molecular weight is 365 g/mol. The van der Waals surface area contributed by atoms with Crippen molar-refractivity contribution in [2.75, 3.05) is 46.4 Å². The Bertz CT molecular complexity index is 536. The molecule has 1 fully saturated rings. The van der Waals surface area contributed by atoms with Crippen molar-refractivity contribution in [1.82, 2.24) is 15.5 Å². The highest BCUT2D eigenvalue weighted by atomic mass is 16.5. The number of hydrogen-bond acceptors (Lipinski definition) is 4. The number of rotatable bonds is 10. The average Bonchev–Trinajstić information content (AvgIpc) is 3.28. The maximum Gasteiger partial charge on any atom is 0.191 e. The standard InChI is InChI=1S/C20H36N4O2/c1-16(2)15-25-13-7-10-22-20(21-4)23-14-18(24-11-5-6-12-24)19-9-8-17(3)26-19/h8-9,16,18H,5-7,10-15H2,1-4H3,(H2,21,22,23). The van der Waals surface area contributed by atoms with E-state index in [0.717, 1.165) is 63.3 Å². The van der Waals surface area contributed by atoms with Crippen LogP contribution in [0.5, 0.6) is 0 Å². The summed E-state index contributed by atoms with van der Waals surface area (Å²) in [6, 6.07) is 4.39. The molecular weight excluding hydrogens is 328 g/mol. The second-order valence-electron chi connectivity index (χ2n) is 7.41. The Labute approximate surface area is 158 Å². The van der Waals surface area contributed by atoms with Crippen molar-refractivity contribution in [2.24, 2.45) is 10.9 Å². The number of nitrogens with one attached hydrogen (secondary N) is 2. The van der Waals surface area contributed by atoms with E-state index in [1.54, 1.807) is 0 Å². The lowest BCUT2D eigenvalue weighted by molar-refractivity contribution is 0.108. The molecule has 0 aromatic carbocycles. The van der Waals surface area contributed by atoms with E-state index in [0.29, 0.717) is 5.92 Å². The maximum atomic E-state index is 5.91. The lowest BCUT2D eigenvalue weighted by atomic mass is 10.2. The number of aryl methyl sites for hydroxylation is 1. The fourth-order valence-electron chi connectivity index (χ4n) is 3.21. The molecule has 1 aromatic rings. The predicted molar refractivity (Wildman–Crippen MR) is 107 cm³/mol. The first-order valence-corrected chi connectivity index (χ1v) is 9.92. The molecule has 148 valence electrons. The van der Waals surface area contributed by atoms with E-state index in [9.17, 15) is 0 Å². The molecule has 1 aliphatic rings. The fourth-order valence-corrected chi connectivity index (χ4v) is 3.21. The molecule has 0 spiro atoms. The number of nitrogens with zero attached hydrogens (tertiary/aromatic N) is 2. The zero-order chi connectivity index (χ0) is 18.8. The molecule has 2 heterocycles. The molecule has 26 heavy (non-hydrogen) atoms. The lowest BCUT2D eigenvalue weighted by Crippen LogP contribution is -2.43. The minimum atomic E-state index is 0.249. The Balaban J connectivity index is 1.76. The highest BCUT2D eigenvalue weighted by molar-refractivity contribution is 5.79. The van der Waals surface area contributed by atoms with Crippen molar-refractivity contribution < 1.29 is 9.15 Å². The Morgan fingerprint density at radius 3 is 2.65 bits per heavy atom. The number of ether oxygens (including phenoxy) is 1. The van der Waals surface area contributed by atoms with Gasteiger partial charge in [0.25, 0.3) is 0 Å². The second-order valence-corrected chi connectivity index (χ2v) is 7.41. The van der Waals surface area contributed by atoms with Crippen LogP contribution in [0.15, 0.2) is 21.5 Å². The molecule has 1 saturated heterocycles. The third-order valence-electron chi connectivity index (χ3n) is 4.57. The third-order valence-corrected chi connectivity index (χ3v) is 4.57. The number of hydrogen-bond donors (Lipinski definition) is 2. The topological polar surface area (TPSA) is 62.0 Å². The molecular formula is C20H36N4O2. The number of aliphatic imine (C=N–C) groups is 1. The molecule has 1 aliphatic heterocycles. The van der Waals surface area contributed by atoms with Crippen LogP contribution >= 0.6 is 0 Å². The minimum absolute atomic E-state index is 0.249. The molecule has 0 radical (unpaired) electrons. The van der Waals surface area contributed by atoms with Crippen LogP contribution < -0.4 is 10.6 Å². The van der Waals surface area contributed by atoms with Gasteiger partial charge in [-0.05, 0) is 57.3 Å². The smallest absolute Gasteiger partial charge is 0.191 e. The van der Waals surface area contributed by atoms with Crippen molar-refractivity contribution in [3.05, 3.63) is 23.7 Å². The van der Waals surface area contributed by atoms with Crippen LogP contribution in [0.1, 0.15) is 50.7 Å². The van der Waals surface area contributed by atoms with Crippen molar-refractivity contribution >= 4 is 5.96 Å². The van der Waals surface area contributed by atoms with E-state index in [1.165, 1.54) is 12.8 Å². The molecule has 6 nitrogen and oxygen atoms in total. The van der Waals surface area contributed by atoms with Crippen LogP contribution in [-0.4, -0.2) is 57.3 Å². The number of furan rings is 1. The van der Waals surface area contributed by atoms with E-state index < -0.39 is 0 Å². The van der Waals surface area contributed by atoms with Crippen LogP contribution in [-0.2, 0) is 4.74 Å². The summed E-state index contributed by atoms with van der Waals surface area (Å²) < 4.78 is 11.5. The van der Waals surface area contributed by atoms with Gasteiger partial charge in [0.2, 0.25) is 0 Å². The summed E-state index contributed by atoms with van der Waals surface area (Å²) in [5.74, 6) is 3.43. The second kappa shape index (κ2) is 11.2. The molecule has 1 atom stereocenters. The molecule has 2 rings (SSSR count). The van der Waals surface area contributed by atoms with Crippen LogP contribution in [0.2, 0.25) is 0 Å². The molecule has 1 aromatic heterocycles. The van der Waals surface area contributed by atoms with Crippen molar-refractivity contribution in [2.45, 2.75) is 46.1 Å². The summed E-state index contributed by atoms with van der Waals surface area (Å²) in [5.41, 5.74) is 0. The maximum absolute atomic E-state index is 5.91. The first kappa shape index (κ1) is 20.8. The first-order chi connectivity index (χ1) is 12.6. The van der Waals surface area contributed by atoms with E-state index in [-0.39, 0.29) is 6.04 Å². The number of guanidine groups is 1. The monoisotopic (exact) mass is 364 g/mol. The normalized spacial score (nSPS) is 17.0. The van der Waals surface area contributed by atoms with Crippen molar-refractivity contribution in [3.63, 3.8) is 0 Å². The third kappa shape index (κ3) is 7.00. The summed E-state index contributed by atoms with van der Waals surface area (Å²) >= 11 is 0. The molecule has 0 aliphatic carbocycles. The van der Waals surface area contributed by atoms with Gasteiger partial charge in [-0.2, -0.15) is 0 Å². The van der Waals surface area contributed by atoms with Gasteiger partial charge >= 0.3 is 0 Å². The fraction of sp³-hybridized carbons (Fsp3) is 0.750. The largest absolute Gasteiger partial charge is 0.465 e. The van der Waals surface area contributed by atoms with Crippen LogP contribution in [0.3, 0.4) is 0 Å². The molecule has 6 heteroatoms. The number of likely N-dealkylation sites (tertiary alicyclic amines) is 1. The van der Waals surface area contributed by atoms with E-state index >= 15 is 0 Å². The lowest BCUT2D eigenvalue weighted by Gasteiger charge is -2.26. The molecule has 0 bridgehead atoms. The molecule has 2 N–H and O–H groups in total. The highest BCUT2D eigenvalue weighted by Gasteiger charge is 2.26. The Morgan fingerprint density at radius 2 is 2.04 bits per heavy atom. The zero-order valence-corrected chi connectivity index (χ0v) is 16.9. The van der Waals surface area contributed by atoms with Gasteiger partial charge in [0.15, 0.2) is 5.96 Å². The summed E-state index contributed by atoms with van der Waals surface area (Å²) in [5, 5.41) is 6.83. The van der Waals surface area contributed by atoms with Crippen LogP contribution in [0.25, 0.3) is 0 Å². The van der Waals surface area contributed by atoms with Gasteiger partial charge in [-0.25, -0.2) is 0 Å². The van der Waals surface area contributed by atoms with Crippen molar-refractivity contribution in [3.8, 4) is 0 Å². The summed E-state index contributed by atoms with van der Waals surface area (Å²) in [7, 11) is 1.81. The first-order valence-electron chi connectivity index (χ1n) is 9.92. The predicted octanol–water partition coefficient (Wildman–Crippen LogP) is 2.95. The summed E-state index contributed by atoms with van der Waals surface area (Å²) in [6.45, 7) is 11.8. The summed E-state index contributed by atoms with van der Waals surface area (Å²) in [4.78, 5) is 6.83. The molecule has 0 amide bonds. The van der Waals surface area contributed by atoms with Gasteiger partial charge in [0, 0.05) is 33.4 Å². The SMILES string of the molecule is CN=C(NCCCOCC(C)C)NCC(c1ccc(C)o1)N1CCCC1. The Hall–Kier alpha value is -1.53. The van der Waals surface area contributed by atoms with E-state index in [1.807, 2.05) is 20.0 Å². The van der Waals surface area contributed by atoms with Crippen LogP contribution in [0, 0.1) is 12.8 Å². The minimum Gasteiger partial charge on any atom is -0.465 e. The van der Waals surface area contributed by atoms with E-state index in [2.05, 4.69) is 40.4 Å². The molecule has 1 unspecified atom stereocenters. The van der Waals surface area contributed by atoms with Gasteiger partial charge in [-0.15, -0.1) is 0 Å². The van der Waals surface area contributed by atoms with Gasteiger partial charge < -0.3 is 19.8 Å².